The first-order valence-corrected chi connectivity index (χ1v) is 5.20. The molecule has 1 aromatic heterocycles. The number of hydrogen-bond acceptors (Lipinski definition) is 2. The number of nitrogens with one attached hydrogen (secondary N) is 1. The zero-order valence-electron chi connectivity index (χ0n) is 8.97. The highest BCUT2D eigenvalue weighted by atomic mass is 35.5. The van der Waals surface area contributed by atoms with Crippen LogP contribution < -0.4 is 5.56 Å². The van der Waals surface area contributed by atoms with Crippen LogP contribution in [0.4, 0.5) is 0 Å². The molecule has 0 saturated carbocycles. The molecule has 0 aliphatic rings. The molecule has 1 heterocycles. The summed E-state index contributed by atoms with van der Waals surface area (Å²) in [4.78, 5) is 17.8. The summed E-state index contributed by atoms with van der Waals surface area (Å²) in [6.07, 6.45) is 1.37. The van der Waals surface area contributed by atoms with Gasteiger partial charge in [0.2, 0.25) is 0 Å². The molecule has 0 unspecified atom stereocenters. The number of H-pyrrole nitrogens is 1. The predicted octanol–water partition coefficient (Wildman–Crippen LogP) is 2.91. The van der Waals surface area contributed by atoms with Gasteiger partial charge in [-0.15, -0.1) is 0 Å². The lowest BCUT2D eigenvalue weighted by molar-refractivity contribution is 1.17. The molecular weight excluding hydrogens is 212 g/mol. The van der Waals surface area contributed by atoms with Crippen LogP contribution in [0.15, 0.2) is 23.3 Å². The first-order chi connectivity index (χ1) is 7.18. The highest BCUT2D eigenvalue weighted by Gasteiger charge is 2.02. The number of rotatable bonds is 0. The average Bonchev–Trinajstić information content (AvgIpc) is 2.24. The van der Waals surface area contributed by atoms with Crippen molar-refractivity contribution in [2.24, 2.45) is 0 Å². The van der Waals surface area contributed by atoms with Gasteiger partial charge in [0.15, 0.2) is 0 Å². The third-order valence-electron chi connectivity index (χ3n) is 1.92. The van der Waals surface area contributed by atoms with E-state index in [1.54, 1.807) is 12.1 Å². The maximum absolute atomic E-state index is 11.3. The fraction of sp³-hybridized carbons (Fsp3) is 0.273. The van der Waals surface area contributed by atoms with Crippen LogP contribution in [0.25, 0.3) is 10.9 Å². The summed E-state index contributed by atoms with van der Waals surface area (Å²) >= 11 is 5.89. The van der Waals surface area contributed by atoms with Gasteiger partial charge in [0.05, 0.1) is 17.2 Å². The Morgan fingerprint density at radius 1 is 1.33 bits per heavy atom. The summed E-state index contributed by atoms with van der Waals surface area (Å²) in [5, 5.41) is 1.20. The number of hydrogen-bond donors (Lipinski definition) is 1. The molecule has 4 heteroatoms. The van der Waals surface area contributed by atoms with Gasteiger partial charge >= 0.3 is 0 Å². The Hall–Kier alpha value is -1.35. The Morgan fingerprint density at radius 3 is 2.67 bits per heavy atom. The molecule has 3 nitrogen and oxygen atoms in total. The highest BCUT2D eigenvalue weighted by Crippen LogP contribution is 2.19. The summed E-state index contributed by atoms with van der Waals surface area (Å²) in [6.45, 7) is 5.86. The van der Waals surface area contributed by atoms with E-state index < -0.39 is 0 Å². The van der Waals surface area contributed by atoms with E-state index in [4.69, 9.17) is 11.6 Å². The van der Waals surface area contributed by atoms with Crippen LogP contribution in [0.1, 0.15) is 19.4 Å². The second-order valence-corrected chi connectivity index (χ2v) is 3.26. The molecule has 0 radical (unpaired) electrons. The van der Waals surface area contributed by atoms with Crippen molar-refractivity contribution < 1.29 is 0 Å². The van der Waals surface area contributed by atoms with Crippen molar-refractivity contribution in [3.05, 3.63) is 39.4 Å². The van der Waals surface area contributed by atoms with Gasteiger partial charge in [0.1, 0.15) is 0 Å². The van der Waals surface area contributed by atoms with Crippen LogP contribution in [0.5, 0.6) is 0 Å². The van der Waals surface area contributed by atoms with Crippen molar-refractivity contribution in [1.82, 2.24) is 9.97 Å². The molecular formula is C11H13ClN2O. The minimum absolute atomic E-state index is 0.134. The van der Waals surface area contributed by atoms with Gasteiger partial charge in [-0.05, 0) is 24.6 Å². The van der Waals surface area contributed by atoms with Gasteiger partial charge in [0, 0.05) is 5.02 Å². The predicted molar refractivity (Wildman–Crippen MR) is 63.5 cm³/mol. The SMILES string of the molecule is CC.Cc1cc2c(=O)[nH]cnc2cc1Cl. The Balaban J connectivity index is 0.000000531. The molecule has 0 atom stereocenters. The van der Waals surface area contributed by atoms with E-state index in [9.17, 15) is 4.79 Å². The molecule has 2 aromatic rings. The maximum atomic E-state index is 11.3. The molecule has 80 valence electrons. The Kier molecular flexibility index (Phi) is 3.86. The Labute approximate surface area is 93.1 Å². The molecule has 0 aliphatic carbocycles. The molecule has 0 saturated heterocycles. The summed E-state index contributed by atoms with van der Waals surface area (Å²) in [5.74, 6) is 0. The summed E-state index contributed by atoms with van der Waals surface area (Å²) < 4.78 is 0. The van der Waals surface area contributed by atoms with Crippen molar-refractivity contribution in [1.29, 1.82) is 0 Å². The van der Waals surface area contributed by atoms with Crippen LogP contribution in [0.3, 0.4) is 0 Å². The van der Waals surface area contributed by atoms with Gasteiger partial charge < -0.3 is 4.98 Å². The highest BCUT2D eigenvalue weighted by molar-refractivity contribution is 6.32. The third-order valence-corrected chi connectivity index (χ3v) is 2.33. The number of nitrogens with zero attached hydrogens (tertiary/aromatic N) is 1. The molecule has 0 amide bonds. The van der Waals surface area contributed by atoms with Crippen LogP contribution in [0.2, 0.25) is 5.02 Å². The van der Waals surface area contributed by atoms with E-state index in [0.29, 0.717) is 15.9 Å². The number of aromatic nitrogens is 2. The lowest BCUT2D eigenvalue weighted by Crippen LogP contribution is -2.06. The lowest BCUT2D eigenvalue weighted by atomic mass is 10.2. The van der Waals surface area contributed by atoms with Gasteiger partial charge in [-0.3, -0.25) is 4.79 Å². The van der Waals surface area contributed by atoms with Crippen molar-refractivity contribution >= 4 is 22.5 Å². The zero-order chi connectivity index (χ0) is 11.4. The fourth-order valence-corrected chi connectivity index (χ4v) is 1.36. The normalized spacial score (nSPS) is 9.60. The largest absolute Gasteiger partial charge is 0.313 e. The van der Waals surface area contributed by atoms with Gasteiger partial charge in [0.25, 0.3) is 5.56 Å². The van der Waals surface area contributed by atoms with Crippen LogP contribution in [-0.2, 0) is 0 Å². The summed E-state index contributed by atoms with van der Waals surface area (Å²) in [6, 6.07) is 3.44. The van der Waals surface area contributed by atoms with Crippen molar-refractivity contribution in [2.45, 2.75) is 20.8 Å². The molecule has 0 spiro atoms. The molecule has 0 bridgehead atoms. The summed E-state index contributed by atoms with van der Waals surface area (Å²) in [5.41, 5.74) is 1.37. The number of aromatic amines is 1. The van der Waals surface area contributed by atoms with E-state index in [0.717, 1.165) is 5.56 Å². The summed E-state index contributed by atoms with van der Waals surface area (Å²) in [7, 11) is 0. The number of fused-ring (bicyclic) bond motifs is 1. The zero-order valence-corrected chi connectivity index (χ0v) is 9.72. The van der Waals surface area contributed by atoms with Crippen LogP contribution in [-0.4, -0.2) is 9.97 Å². The fourth-order valence-electron chi connectivity index (χ4n) is 1.20. The maximum Gasteiger partial charge on any atom is 0.258 e. The number of benzene rings is 1. The van der Waals surface area contributed by atoms with E-state index in [2.05, 4.69) is 9.97 Å². The van der Waals surface area contributed by atoms with E-state index in [1.165, 1.54) is 6.33 Å². The topological polar surface area (TPSA) is 45.8 Å². The van der Waals surface area contributed by atoms with Crippen LogP contribution in [0, 0.1) is 6.92 Å². The Bertz CT molecular complexity index is 519. The molecule has 15 heavy (non-hydrogen) atoms. The lowest BCUT2D eigenvalue weighted by Gasteiger charge is -1.99. The van der Waals surface area contributed by atoms with E-state index in [1.807, 2.05) is 20.8 Å². The smallest absolute Gasteiger partial charge is 0.258 e. The van der Waals surface area contributed by atoms with Crippen molar-refractivity contribution in [3.8, 4) is 0 Å². The molecule has 2 rings (SSSR count). The van der Waals surface area contributed by atoms with Gasteiger partial charge in [-0.2, -0.15) is 0 Å². The van der Waals surface area contributed by atoms with E-state index >= 15 is 0 Å². The number of halogens is 1. The van der Waals surface area contributed by atoms with Crippen molar-refractivity contribution in [3.63, 3.8) is 0 Å². The first kappa shape index (κ1) is 11.7. The van der Waals surface area contributed by atoms with E-state index in [-0.39, 0.29) is 5.56 Å². The standard InChI is InChI=1S/C9H7ClN2O.C2H6/c1-5-2-6-8(3-7(5)10)11-4-12-9(6)13;1-2/h2-4H,1H3,(H,11,12,13);1-2H3. The Morgan fingerprint density at radius 2 is 2.00 bits per heavy atom. The molecule has 1 aromatic carbocycles. The number of aryl methyl sites for hydroxylation is 1. The molecule has 1 N–H and O–H groups in total. The minimum atomic E-state index is -0.134. The van der Waals surface area contributed by atoms with Gasteiger partial charge in [-0.1, -0.05) is 25.4 Å². The average molecular weight is 225 g/mol. The monoisotopic (exact) mass is 224 g/mol. The third kappa shape index (κ3) is 2.36. The van der Waals surface area contributed by atoms with Crippen LogP contribution >= 0.6 is 11.6 Å². The second kappa shape index (κ2) is 4.94. The molecule has 0 fully saturated rings. The first-order valence-electron chi connectivity index (χ1n) is 4.82. The quantitative estimate of drug-likeness (QED) is 0.748. The van der Waals surface area contributed by atoms with Crippen molar-refractivity contribution in [2.75, 3.05) is 0 Å². The van der Waals surface area contributed by atoms with Gasteiger partial charge in [-0.25, -0.2) is 4.98 Å². The second-order valence-electron chi connectivity index (χ2n) is 2.85. The minimum Gasteiger partial charge on any atom is -0.313 e. The molecule has 0 aliphatic heterocycles.